The number of nitrogens with zero attached hydrogens (tertiary/aromatic N) is 1. The first-order chi connectivity index (χ1) is 17.4. The number of ether oxygens (including phenoxy) is 1. The lowest BCUT2D eigenvalue weighted by atomic mass is 9.95. The molecule has 1 aromatic heterocycles. The summed E-state index contributed by atoms with van der Waals surface area (Å²) in [5.41, 5.74) is 1.90. The van der Waals surface area contributed by atoms with Crippen LogP contribution in [0.3, 0.4) is 0 Å². The average molecular weight is 482 g/mol. The van der Waals surface area contributed by atoms with Crippen molar-refractivity contribution >= 4 is 33.9 Å². The van der Waals surface area contributed by atoms with Gasteiger partial charge in [-0.1, -0.05) is 50.2 Å². The lowest BCUT2D eigenvalue weighted by Gasteiger charge is -2.25. The van der Waals surface area contributed by atoms with Crippen LogP contribution < -0.4 is 9.64 Å². The number of Topliss-reactive ketones (excluding diaryl/α,β-unsaturated/α-hetero) is 1. The van der Waals surface area contributed by atoms with E-state index >= 15 is 0 Å². The van der Waals surface area contributed by atoms with Crippen LogP contribution >= 0.6 is 0 Å². The second kappa shape index (κ2) is 9.38. The minimum absolute atomic E-state index is 0.0123. The molecule has 4 aromatic rings. The Morgan fingerprint density at radius 2 is 1.81 bits per heavy atom. The number of ketones is 1. The molecule has 1 fully saturated rings. The molecule has 0 radical (unpaired) electrons. The maximum atomic E-state index is 13.5. The van der Waals surface area contributed by atoms with E-state index in [2.05, 4.69) is 0 Å². The van der Waals surface area contributed by atoms with Crippen molar-refractivity contribution in [3.05, 3.63) is 102 Å². The number of aliphatic hydroxyl groups is 1. The molecule has 0 bridgehead atoms. The summed E-state index contributed by atoms with van der Waals surface area (Å²) < 4.78 is 11.4. The molecular formula is C30H27NO5. The molecule has 1 atom stereocenters. The van der Waals surface area contributed by atoms with Crippen molar-refractivity contribution in [3.8, 4) is 5.75 Å². The number of rotatable bonds is 6. The summed E-state index contributed by atoms with van der Waals surface area (Å²) in [5, 5.41) is 13.2. The van der Waals surface area contributed by atoms with E-state index in [1.165, 1.54) is 11.2 Å². The van der Waals surface area contributed by atoms with Crippen molar-refractivity contribution in [3.63, 3.8) is 0 Å². The summed E-state index contributed by atoms with van der Waals surface area (Å²) in [6.45, 7) is 6.49. The Morgan fingerprint density at radius 3 is 2.53 bits per heavy atom. The molecule has 1 N–H and O–H groups in total. The number of carbonyl (C=O) groups excluding carboxylic acids is 2. The molecule has 1 unspecified atom stereocenters. The lowest BCUT2D eigenvalue weighted by molar-refractivity contribution is -0.132. The van der Waals surface area contributed by atoms with Gasteiger partial charge in [0.15, 0.2) is 0 Å². The van der Waals surface area contributed by atoms with E-state index in [0.717, 1.165) is 22.1 Å². The van der Waals surface area contributed by atoms with Crippen LogP contribution in [-0.2, 0) is 9.59 Å². The Morgan fingerprint density at radius 1 is 1.03 bits per heavy atom. The summed E-state index contributed by atoms with van der Waals surface area (Å²) in [4.78, 5) is 28.4. The fourth-order valence-electron chi connectivity index (χ4n) is 4.80. The quantitative estimate of drug-likeness (QED) is 0.191. The van der Waals surface area contributed by atoms with Gasteiger partial charge in [-0.15, -0.1) is 0 Å². The summed E-state index contributed by atoms with van der Waals surface area (Å²) in [5.74, 6) is -0.492. The second-order valence-electron chi connectivity index (χ2n) is 9.02. The Balaban J connectivity index is 1.72. The van der Waals surface area contributed by atoms with Crippen LogP contribution in [0, 0.1) is 0 Å². The third-order valence-electron chi connectivity index (χ3n) is 6.49. The molecule has 1 amide bonds. The minimum atomic E-state index is -0.917. The normalized spacial score (nSPS) is 17.3. The molecule has 2 heterocycles. The van der Waals surface area contributed by atoms with Crippen LogP contribution in [-0.4, -0.2) is 23.4 Å². The number of anilines is 1. The molecule has 6 heteroatoms. The topological polar surface area (TPSA) is 80.0 Å². The van der Waals surface area contributed by atoms with E-state index in [-0.39, 0.29) is 17.3 Å². The van der Waals surface area contributed by atoms with Crippen LogP contribution in [0.4, 0.5) is 5.69 Å². The number of amides is 1. The Kier molecular flexibility index (Phi) is 6.10. The van der Waals surface area contributed by atoms with Crippen LogP contribution in [0.5, 0.6) is 5.75 Å². The largest absolute Gasteiger partial charge is 0.507 e. The molecule has 0 aliphatic carbocycles. The van der Waals surface area contributed by atoms with Gasteiger partial charge in [0.1, 0.15) is 23.3 Å². The third kappa shape index (κ3) is 3.85. The summed E-state index contributed by atoms with van der Waals surface area (Å²) >= 11 is 0. The van der Waals surface area contributed by atoms with Gasteiger partial charge in [0, 0.05) is 10.9 Å². The molecule has 5 rings (SSSR count). The highest BCUT2D eigenvalue weighted by molar-refractivity contribution is 6.52. The van der Waals surface area contributed by atoms with E-state index in [1.807, 2.05) is 63.2 Å². The molecule has 6 nitrogen and oxygen atoms in total. The van der Waals surface area contributed by atoms with Crippen LogP contribution in [0.15, 0.2) is 89.0 Å². The fourth-order valence-corrected chi connectivity index (χ4v) is 4.80. The molecule has 1 saturated heterocycles. The van der Waals surface area contributed by atoms with Crippen LogP contribution in [0.2, 0.25) is 0 Å². The number of hydrogen-bond donors (Lipinski definition) is 1. The third-order valence-corrected chi connectivity index (χ3v) is 6.49. The van der Waals surface area contributed by atoms with Crippen molar-refractivity contribution in [2.75, 3.05) is 11.5 Å². The van der Waals surface area contributed by atoms with Crippen molar-refractivity contribution in [2.24, 2.45) is 0 Å². The highest BCUT2D eigenvalue weighted by Gasteiger charge is 2.48. The monoisotopic (exact) mass is 481 g/mol. The summed E-state index contributed by atoms with van der Waals surface area (Å²) in [6, 6.07) is 21.1. The zero-order chi connectivity index (χ0) is 25.4. The number of hydrogen-bond acceptors (Lipinski definition) is 5. The van der Waals surface area contributed by atoms with Gasteiger partial charge in [0.05, 0.1) is 24.1 Å². The number of furan rings is 1. The zero-order valence-corrected chi connectivity index (χ0v) is 20.4. The summed E-state index contributed by atoms with van der Waals surface area (Å²) in [6.07, 6.45) is 1.49. The van der Waals surface area contributed by atoms with Gasteiger partial charge in [0.25, 0.3) is 11.7 Å². The maximum Gasteiger partial charge on any atom is 0.300 e. The van der Waals surface area contributed by atoms with Gasteiger partial charge >= 0.3 is 0 Å². The van der Waals surface area contributed by atoms with Gasteiger partial charge in [-0.25, -0.2) is 0 Å². The molecular weight excluding hydrogens is 454 g/mol. The average Bonchev–Trinajstić information content (AvgIpc) is 3.50. The van der Waals surface area contributed by atoms with Crippen molar-refractivity contribution in [1.82, 2.24) is 0 Å². The lowest BCUT2D eigenvalue weighted by Crippen LogP contribution is -2.29. The molecule has 1 aliphatic heterocycles. The first kappa shape index (κ1) is 23.4. The van der Waals surface area contributed by atoms with Gasteiger partial charge in [-0.05, 0) is 60.2 Å². The van der Waals surface area contributed by atoms with Crippen LogP contribution in [0.25, 0.3) is 16.5 Å². The minimum Gasteiger partial charge on any atom is -0.507 e. The Labute approximate surface area is 209 Å². The first-order valence-corrected chi connectivity index (χ1v) is 12.0. The molecule has 0 spiro atoms. The number of aliphatic hydroxyl groups excluding tert-OH is 1. The molecule has 1 aliphatic rings. The number of carbonyl (C=O) groups is 2. The SMILES string of the molecule is CCOc1ccc(/C(O)=C2/C(=O)C(=O)N(c3cccc4ccccc34)C2c2ccco2)cc1C(C)C. The predicted molar refractivity (Wildman–Crippen MR) is 139 cm³/mol. The first-order valence-electron chi connectivity index (χ1n) is 12.0. The van der Waals surface area contributed by atoms with Crippen molar-refractivity contribution < 1.29 is 23.8 Å². The van der Waals surface area contributed by atoms with E-state index in [9.17, 15) is 14.7 Å². The Bertz CT molecular complexity index is 1480. The number of benzene rings is 3. The molecule has 182 valence electrons. The van der Waals surface area contributed by atoms with Gasteiger partial charge in [0.2, 0.25) is 0 Å². The van der Waals surface area contributed by atoms with Gasteiger partial charge < -0.3 is 14.3 Å². The van der Waals surface area contributed by atoms with Crippen molar-refractivity contribution in [2.45, 2.75) is 32.7 Å². The van der Waals surface area contributed by atoms with E-state index in [4.69, 9.17) is 9.15 Å². The maximum absolute atomic E-state index is 13.5. The van der Waals surface area contributed by atoms with E-state index in [0.29, 0.717) is 23.6 Å². The number of fused-ring (bicyclic) bond motifs is 1. The van der Waals surface area contributed by atoms with Gasteiger partial charge in [-0.2, -0.15) is 0 Å². The standard InChI is InChI=1S/C30H27NO5/c1-4-35-24-15-14-20(17-22(24)18(2)3)28(32)26-27(25-13-8-16-36-25)31(30(34)29(26)33)23-12-7-10-19-9-5-6-11-21(19)23/h5-18,27,32H,4H2,1-3H3/b28-26-. The molecule has 3 aromatic carbocycles. The summed E-state index contributed by atoms with van der Waals surface area (Å²) in [7, 11) is 0. The molecule has 0 saturated carbocycles. The predicted octanol–water partition coefficient (Wildman–Crippen LogP) is 6.58. The van der Waals surface area contributed by atoms with Gasteiger partial charge in [-0.3, -0.25) is 14.5 Å². The Hall–Kier alpha value is -4.32. The highest BCUT2D eigenvalue weighted by Crippen LogP contribution is 2.44. The van der Waals surface area contributed by atoms with E-state index in [1.54, 1.807) is 30.3 Å². The molecule has 36 heavy (non-hydrogen) atoms. The fraction of sp³-hybridized carbons (Fsp3) is 0.200. The smallest absolute Gasteiger partial charge is 0.300 e. The van der Waals surface area contributed by atoms with Crippen LogP contribution in [0.1, 0.15) is 49.6 Å². The second-order valence-corrected chi connectivity index (χ2v) is 9.02. The zero-order valence-electron chi connectivity index (χ0n) is 20.4. The van der Waals surface area contributed by atoms with E-state index < -0.39 is 17.7 Å². The van der Waals surface area contributed by atoms with Crippen molar-refractivity contribution in [1.29, 1.82) is 0 Å². The highest BCUT2D eigenvalue weighted by atomic mass is 16.5.